The predicted octanol–water partition coefficient (Wildman–Crippen LogP) is 6.96. The molecule has 0 amide bonds. The molecule has 3 atom stereocenters. The van der Waals surface area contributed by atoms with E-state index in [0.29, 0.717) is 65.8 Å². The monoisotopic (exact) mass is 773 g/mol. The number of aromatic nitrogens is 3. The number of benzene rings is 2. The van der Waals surface area contributed by atoms with Crippen molar-refractivity contribution in [3.63, 3.8) is 0 Å². The highest BCUT2D eigenvalue weighted by Gasteiger charge is 2.52. The van der Waals surface area contributed by atoms with Crippen LogP contribution in [0.15, 0.2) is 24.3 Å². The van der Waals surface area contributed by atoms with E-state index in [9.17, 15) is 10.2 Å². The maximum atomic E-state index is 17.4. The van der Waals surface area contributed by atoms with Gasteiger partial charge >= 0.3 is 6.01 Å². The van der Waals surface area contributed by atoms with Gasteiger partial charge in [0, 0.05) is 35.0 Å². The van der Waals surface area contributed by atoms with Crippen molar-refractivity contribution in [2.24, 2.45) is 10.8 Å². The van der Waals surface area contributed by atoms with E-state index in [4.69, 9.17) is 28.9 Å². The van der Waals surface area contributed by atoms with Gasteiger partial charge in [0.05, 0.1) is 46.7 Å². The largest absolute Gasteiger partial charge is 0.508 e. The van der Waals surface area contributed by atoms with E-state index < -0.39 is 17.2 Å². The number of aromatic hydroxyl groups is 1. The number of nitrogens with zero attached hydrogens (tertiary/aromatic N) is 5. The average Bonchev–Trinajstić information content (AvgIpc) is 3.53. The summed E-state index contributed by atoms with van der Waals surface area (Å²) in [6.07, 6.45) is 10.6. The second kappa shape index (κ2) is 14.5. The van der Waals surface area contributed by atoms with E-state index in [-0.39, 0.29) is 58.4 Å². The number of pyridine rings is 1. The fourth-order valence-corrected chi connectivity index (χ4v) is 10.7. The zero-order chi connectivity index (χ0) is 38.8. The molecule has 2 aliphatic carbocycles. The zero-order valence-electron chi connectivity index (χ0n) is 32.7. The predicted molar refractivity (Wildman–Crippen MR) is 208 cm³/mol. The number of hydrogen-bond donors (Lipinski definition) is 2. The second-order valence-electron chi connectivity index (χ2n) is 17.4. The van der Waals surface area contributed by atoms with Gasteiger partial charge in [-0.1, -0.05) is 19.4 Å². The number of anilines is 1. The highest BCUT2D eigenvalue weighted by molar-refractivity contribution is 6.03. The number of likely N-dealkylation sites (tertiary alicyclic amines) is 1. The minimum Gasteiger partial charge on any atom is -0.508 e. The van der Waals surface area contributed by atoms with Crippen LogP contribution in [0.1, 0.15) is 77.2 Å². The zero-order valence-corrected chi connectivity index (χ0v) is 32.7. The first-order valence-electron chi connectivity index (χ1n) is 20.4. The number of phenolic OH excluding ortho intramolecular Hbond substituents is 1. The number of rotatable bonds is 8. The van der Waals surface area contributed by atoms with E-state index in [1.165, 1.54) is 51.0 Å². The number of phenols is 1. The molecule has 3 aliphatic heterocycles. The average molecular weight is 774 g/mol. The number of methoxy groups -OCH3 is 1. The fourth-order valence-electron chi connectivity index (χ4n) is 10.7. The van der Waals surface area contributed by atoms with Crippen molar-refractivity contribution in [2.45, 2.75) is 95.7 Å². The summed E-state index contributed by atoms with van der Waals surface area (Å²) in [7, 11) is 1.44. The topological polar surface area (TPSA) is 123 Å². The summed E-state index contributed by atoms with van der Waals surface area (Å²) in [6.45, 7) is 7.78. The Labute approximate surface area is 326 Å². The maximum Gasteiger partial charge on any atom is 0.319 e. The number of fused-ring (bicyclic) bond motifs is 3. The Morgan fingerprint density at radius 3 is 2.50 bits per heavy atom. The fraction of sp³-hybridized carbons (Fsp3) is 0.605. The van der Waals surface area contributed by atoms with E-state index >= 15 is 8.78 Å². The number of β-amino-alcohol motifs (C(OH)–C–C–N with tert-alkyl or cyclic N) is 1. The van der Waals surface area contributed by atoms with Crippen molar-refractivity contribution in [1.82, 2.24) is 19.9 Å². The first kappa shape index (κ1) is 37.7. The first-order chi connectivity index (χ1) is 27.0. The molecule has 2 aromatic heterocycles. The van der Waals surface area contributed by atoms with Crippen molar-refractivity contribution in [3.8, 4) is 28.9 Å². The van der Waals surface area contributed by atoms with Crippen molar-refractivity contribution >= 4 is 27.5 Å². The van der Waals surface area contributed by atoms with Crippen molar-refractivity contribution in [1.29, 1.82) is 0 Å². The molecule has 9 rings (SSSR count). The third-order valence-corrected chi connectivity index (χ3v) is 13.6. The lowest BCUT2D eigenvalue weighted by molar-refractivity contribution is -0.143. The molecule has 5 fully saturated rings. The van der Waals surface area contributed by atoms with E-state index in [1.54, 1.807) is 13.0 Å². The SMILES string of the molecule is CCc1c(F)ccc2cc(O)cc(-c3nc(OC)c4c(N5CCOCC(C)(O)C5)nc(OCC56CCCC5N(C5CCC7(CC5)COC7)CCC6)nc4c3F)c12. The molecule has 5 aliphatic rings. The number of halogens is 2. The van der Waals surface area contributed by atoms with E-state index in [2.05, 4.69) is 9.88 Å². The minimum absolute atomic E-state index is 0.0261. The summed E-state index contributed by atoms with van der Waals surface area (Å²) >= 11 is 0. The Morgan fingerprint density at radius 1 is 0.946 bits per heavy atom. The molecular formula is C43H53F2N5O6. The van der Waals surface area contributed by atoms with Gasteiger partial charge in [0.15, 0.2) is 5.82 Å². The van der Waals surface area contributed by atoms with Gasteiger partial charge in [0.1, 0.15) is 39.6 Å². The van der Waals surface area contributed by atoms with Crippen LogP contribution in [0.25, 0.3) is 32.9 Å². The van der Waals surface area contributed by atoms with Crippen molar-refractivity contribution in [2.75, 3.05) is 64.7 Å². The van der Waals surface area contributed by atoms with E-state index in [1.807, 2.05) is 11.8 Å². The van der Waals surface area contributed by atoms with Crippen LogP contribution in [-0.2, 0) is 15.9 Å². The molecule has 11 nitrogen and oxygen atoms in total. The number of hydrogen-bond acceptors (Lipinski definition) is 11. The molecule has 2 N–H and O–H groups in total. The lowest BCUT2D eigenvalue weighted by Gasteiger charge is -2.53. The van der Waals surface area contributed by atoms with Crippen molar-refractivity contribution < 1.29 is 37.9 Å². The first-order valence-corrected chi connectivity index (χ1v) is 20.4. The third kappa shape index (κ3) is 6.52. The van der Waals surface area contributed by atoms with Crippen LogP contribution >= 0.6 is 0 Å². The Balaban J connectivity index is 1.13. The summed E-state index contributed by atoms with van der Waals surface area (Å²) in [6, 6.07) is 6.84. The Hall–Kier alpha value is -3.91. The Morgan fingerprint density at radius 2 is 1.75 bits per heavy atom. The molecular weight excluding hydrogens is 720 g/mol. The molecule has 3 unspecified atom stereocenters. The number of aliphatic hydroxyl groups is 1. The van der Waals surface area contributed by atoms with Crippen LogP contribution in [0.2, 0.25) is 0 Å². The summed E-state index contributed by atoms with van der Waals surface area (Å²) in [5.74, 6) is -0.959. The molecule has 0 radical (unpaired) electrons. The standard InChI is InChI=1S/C43H53F2N5O6/c1-4-29-31(44)9-8-26-19-28(51)20-30(33(26)29)36-35(45)37-34(39(46-36)53-3)38(49-17-18-54-22-41(2,52)21-49)48-40(47-37)56-25-43-12-5-7-32(43)50(16-6-13-43)27-10-14-42(15-11-27)23-55-24-42/h8-9,19-20,27,32,51-52H,4-7,10-18,21-25H2,1-3H3. The molecule has 56 heavy (non-hydrogen) atoms. The van der Waals surface area contributed by atoms with Gasteiger partial charge in [-0.25, -0.2) is 13.8 Å². The molecule has 1 spiro atoms. The van der Waals surface area contributed by atoms with Gasteiger partial charge in [-0.05, 0) is 106 Å². The van der Waals surface area contributed by atoms with Gasteiger partial charge < -0.3 is 34.1 Å². The summed E-state index contributed by atoms with van der Waals surface area (Å²) < 4.78 is 56.6. The molecule has 2 aromatic carbocycles. The quantitative estimate of drug-likeness (QED) is 0.193. The molecule has 4 aromatic rings. The normalized spacial score (nSPS) is 27.0. The summed E-state index contributed by atoms with van der Waals surface area (Å²) in [5.41, 5.74) is -0.518. The maximum absolute atomic E-state index is 17.4. The summed E-state index contributed by atoms with van der Waals surface area (Å²) in [4.78, 5) is 19.0. The van der Waals surface area contributed by atoms with Crippen LogP contribution in [0.3, 0.4) is 0 Å². The number of ether oxygens (including phenoxy) is 4. The van der Waals surface area contributed by atoms with Gasteiger partial charge in [-0.3, -0.25) is 4.90 Å². The smallest absolute Gasteiger partial charge is 0.319 e. The van der Waals surface area contributed by atoms with Gasteiger partial charge in [-0.15, -0.1) is 0 Å². The molecule has 300 valence electrons. The number of aryl methyl sites for hydroxylation is 1. The van der Waals surface area contributed by atoms with Crippen LogP contribution in [0.5, 0.6) is 17.6 Å². The van der Waals surface area contributed by atoms with Gasteiger partial charge in [0.2, 0.25) is 5.88 Å². The third-order valence-electron chi connectivity index (χ3n) is 13.6. The Kier molecular flexibility index (Phi) is 9.74. The van der Waals surface area contributed by atoms with Crippen LogP contribution in [0, 0.1) is 22.5 Å². The number of piperidine rings is 1. The van der Waals surface area contributed by atoms with Gasteiger partial charge in [-0.2, -0.15) is 9.97 Å². The van der Waals surface area contributed by atoms with Crippen molar-refractivity contribution in [3.05, 3.63) is 41.5 Å². The molecule has 5 heterocycles. The molecule has 2 saturated carbocycles. The highest BCUT2D eigenvalue weighted by Crippen LogP contribution is 2.52. The second-order valence-corrected chi connectivity index (χ2v) is 17.4. The summed E-state index contributed by atoms with van der Waals surface area (Å²) in [5, 5.41) is 23.3. The van der Waals surface area contributed by atoms with Crippen LogP contribution in [0.4, 0.5) is 14.6 Å². The lowest BCUT2D eigenvalue weighted by Crippen LogP contribution is -2.57. The van der Waals surface area contributed by atoms with Crippen LogP contribution < -0.4 is 14.4 Å². The van der Waals surface area contributed by atoms with Gasteiger partial charge in [0.25, 0.3) is 0 Å². The highest BCUT2D eigenvalue weighted by atomic mass is 19.1. The molecule has 0 bridgehead atoms. The molecule has 3 saturated heterocycles. The Bertz CT molecular complexity index is 2140. The molecule has 13 heteroatoms. The lowest BCUT2D eigenvalue weighted by atomic mass is 9.69. The van der Waals surface area contributed by atoms with Crippen LogP contribution in [-0.4, -0.2) is 108 Å². The van der Waals surface area contributed by atoms with E-state index in [0.717, 1.165) is 51.9 Å². The minimum atomic E-state index is -1.22.